The molecule has 2 N–H and O–H groups in total. The Morgan fingerprint density at radius 1 is 1.25 bits per heavy atom. The molecule has 0 unspecified atom stereocenters. The van der Waals surface area contributed by atoms with Crippen LogP contribution in [-0.4, -0.2) is 56.9 Å². The van der Waals surface area contributed by atoms with Crippen molar-refractivity contribution in [3.8, 4) is 0 Å². The first kappa shape index (κ1) is 23.6. The topological polar surface area (TPSA) is 122 Å². The minimum Gasteiger partial charge on any atom is -0.452 e. The standard InChI is InChI=1S/C17H22ClN3O6S/c1-4-9-19-17(24)20-15(22)11-27-16(23)12-7-8-13(18)14(10-12)28(25,26)21(5-2)6-3/h4,7-8,10H,1,5-6,9,11H2,2-3H3,(H2,19,20,22,24). The van der Waals surface area contributed by atoms with Gasteiger partial charge in [0, 0.05) is 19.6 Å². The first-order chi connectivity index (χ1) is 13.2. The fourth-order valence-corrected chi connectivity index (χ4v) is 4.08. The second-order valence-corrected chi connectivity index (χ2v) is 7.67. The van der Waals surface area contributed by atoms with Crippen molar-refractivity contribution >= 4 is 39.5 Å². The van der Waals surface area contributed by atoms with Crippen LogP contribution in [-0.2, 0) is 19.6 Å². The lowest BCUT2D eigenvalue weighted by molar-refractivity contribution is -0.123. The van der Waals surface area contributed by atoms with Crippen LogP contribution in [0, 0.1) is 0 Å². The van der Waals surface area contributed by atoms with E-state index in [2.05, 4.69) is 11.9 Å². The van der Waals surface area contributed by atoms with Crippen LogP contribution in [0.25, 0.3) is 0 Å². The molecule has 28 heavy (non-hydrogen) atoms. The zero-order valence-electron chi connectivity index (χ0n) is 15.5. The monoisotopic (exact) mass is 431 g/mol. The number of halogens is 1. The van der Waals surface area contributed by atoms with Gasteiger partial charge < -0.3 is 10.1 Å². The predicted molar refractivity (Wildman–Crippen MR) is 104 cm³/mol. The summed E-state index contributed by atoms with van der Waals surface area (Å²) in [5.74, 6) is -1.78. The van der Waals surface area contributed by atoms with Gasteiger partial charge in [-0.1, -0.05) is 31.5 Å². The Hall–Kier alpha value is -2.43. The van der Waals surface area contributed by atoms with Crippen molar-refractivity contribution in [1.29, 1.82) is 0 Å². The molecule has 154 valence electrons. The highest BCUT2D eigenvalue weighted by molar-refractivity contribution is 7.89. The van der Waals surface area contributed by atoms with Gasteiger partial charge in [-0.25, -0.2) is 18.0 Å². The van der Waals surface area contributed by atoms with Crippen LogP contribution >= 0.6 is 11.6 Å². The van der Waals surface area contributed by atoms with Gasteiger partial charge in [-0.2, -0.15) is 4.31 Å². The number of urea groups is 1. The third-order valence-electron chi connectivity index (χ3n) is 3.48. The lowest BCUT2D eigenvalue weighted by atomic mass is 10.2. The molecule has 0 atom stereocenters. The van der Waals surface area contributed by atoms with Gasteiger partial charge in [0.25, 0.3) is 5.91 Å². The largest absolute Gasteiger partial charge is 0.452 e. The Kier molecular flexibility index (Phi) is 9.10. The van der Waals surface area contributed by atoms with Gasteiger partial charge in [0.15, 0.2) is 6.61 Å². The second-order valence-electron chi connectivity index (χ2n) is 5.36. The summed E-state index contributed by atoms with van der Waals surface area (Å²) in [5.41, 5.74) is -0.0981. The van der Waals surface area contributed by atoms with Crippen LogP contribution in [0.4, 0.5) is 4.79 Å². The molecule has 0 aliphatic heterocycles. The lowest BCUT2D eigenvalue weighted by Gasteiger charge is -2.19. The highest BCUT2D eigenvalue weighted by Crippen LogP contribution is 2.26. The molecule has 0 aromatic heterocycles. The maximum absolute atomic E-state index is 12.6. The number of imide groups is 1. The van der Waals surface area contributed by atoms with E-state index in [-0.39, 0.29) is 35.1 Å². The summed E-state index contributed by atoms with van der Waals surface area (Å²) in [6.07, 6.45) is 1.43. The normalized spacial score (nSPS) is 11.0. The van der Waals surface area contributed by atoms with Crippen molar-refractivity contribution in [2.75, 3.05) is 26.2 Å². The first-order valence-electron chi connectivity index (χ1n) is 8.32. The molecule has 3 amide bonds. The number of hydrogen-bond acceptors (Lipinski definition) is 6. The van der Waals surface area contributed by atoms with E-state index in [0.29, 0.717) is 0 Å². The van der Waals surface area contributed by atoms with Crippen molar-refractivity contribution in [3.63, 3.8) is 0 Å². The Bertz CT molecular complexity index is 852. The number of nitrogens with zero attached hydrogens (tertiary/aromatic N) is 1. The number of rotatable bonds is 9. The average Bonchev–Trinajstić information content (AvgIpc) is 2.65. The fraction of sp³-hybridized carbons (Fsp3) is 0.353. The third-order valence-corrected chi connectivity index (χ3v) is 6.02. The molecule has 0 bridgehead atoms. The summed E-state index contributed by atoms with van der Waals surface area (Å²) in [7, 11) is -3.89. The number of esters is 1. The van der Waals surface area contributed by atoms with Crippen molar-refractivity contribution in [3.05, 3.63) is 41.4 Å². The van der Waals surface area contributed by atoms with Crippen molar-refractivity contribution in [2.45, 2.75) is 18.7 Å². The molecule has 9 nitrogen and oxygen atoms in total. The van der Waals surface area contributed by atoms with E-state index < -0.39 is 34.5 Å². The van der Waals surface area contributed by atoms with E-state index in [9.17, 15) is 22.8 Å². The van der Waals surface area contributed by atoms with Gasteiger partial charge >= 0.3 is 12.0 Å². The van der Waals surface area contributed by atoms with Crippen LogP contribution in [0.15, 0.2) is 35.7 Å². The van der Waals surface area contributed by atoms with Gasteiger partial charge in [-0.05, 0) is 18.2 Å². The van der Waals surface area contributed by atoms with Gasteiger partial charge in [-0.3, -0.25) is 10.1 Å². The molecule has 0 fully saturated rings. The van der Waals surface area contributed by atoms with Gasteiger partial charge in [0.2, 0.25) is 10.0 Å². The molecule has 0 heterocycles. The molecule has 1 rings (SSSR count). The number of amides is 3. The number of ether oxygens (including phenoxy) is 1. The van der Waals surface area contributed by atoms with Crippen LogP contribution in [0.5, 0.6) is 0 Å². The quantitative estimate of drug-likeness (QED) is 0.451. The lowest BCUT2D eigenvalue weighted by Crippen LogP contribution is -2.41. The number of nitrogens with one attached hydrogen (secondary N) is 2. The predicted octanol–water partition coefficient (Wildman–Crippen LogP) is 1.54. The molecule has 1 aromatic rings. The van der Waals surface area contributed by atoms with E-state index >= 15 is 0 Å². The van der Waals surface area contributed by atoms with E-state index in [4.69, 9.17) is 16.3 Å². The fourth-order valence-electron chi connectivity index (χ4n) is 2.12. The zero-order valence-corrected chi connectivity index (χ0v) is 17.1. The van der Waals surface area contributed by atoms with Gasteiger partial charge in [0.1, 0.15) is 4.90 Å². The molecule has 0 aliphatic carbocycles. The molecule has 11 heteroatoms. The SMILES string of the molecule is C=CCNC(=O)NC(=O)COC(=O)c1ccc(Cl)c(S(=O)(=O)N(CC)CC)c1. The number of carbonyl (C=O) groups is 3. The molecule has 0 spiro atoms. The summed E-state index contributed by atoms with van der Waals surface area (Å²) in [5, 5.41) is 4.24. The van der Waals surface area contributed by atoms with Crippen LogP contribution in [0.1, 0.15) is 24.2 Å². The first-order valence-corrected chi connectivity index (χ1v) is 10.1. The van der Waals surface area contributed by atoms with Gasteiger partial charge in [-0.15, -0.1) is 6.58 Å². The zero-order chi connectivity index (χ0) is 21.3. The minimum atomic E-state index is -3.89. The van der Waals surface area contributed by atoms with Crippen molar-refractivity contribution in [1.82, 2.24) is 14.9 Å². The molecular formula is C17H22ClN3O6S. The number of sulfonamides is 1. The van der Waals surface area contributed by atoms with Crippen molar-refractivity contribution in [2.24, 2.45) is 0 Å². The Balaban J connectivity index is 2.86. The molecule has 0 saturated carbocycles. The summed E-state index contributed by atoms with van der Waals surface area (Å²) in [6, 6.07) is 2.87. The van der Waals surface area contributed by atoms with Crippen LogP contribution in [0.2, 0.25) is 5.02 Å². The highest BCUT2D eigenvalue weighted by Gasteiger charge is 2.26. The number of benzene rings is 1. The van der Waals surface area contributed by atoms with E-state index in [1.165, 1.54) is 22.5 Å². The molecular weight excluding hydrogens is 410 g/mol. The highest BCUT2D eigenvalue weighted by atomic mass is 35.5. The molecule has 0 radical (unpaired) electrons. The summed E-state index contributed by atoms with van der Waals surface area (Å²) < 4.78 is 31.3. The Morgan fingerprint density at radius 3 is 2.46 bits per heavy atom. The van der Waals surface area contributed by atoms with E-state index in [1.54, 1.807) is 13.8 Å². The molecule has 0 aliphatic rings. The molecule has 0 saturated heterocycles. The summed E-state index contributed by atoms with van der Waals surface area (Å²) in [6.45, 7) is 6.67. The maximum atomic E-state index is 12.6. The Morgan fingerprint density at radius 2 is 1.89 bits per heavy atom. The Labute approximate surface area is 168 Å². The minimum absolute atomic E-state index is 0.0416. The van der Waals surface area contributed by atoms with Crippen LogP contribution in [0.3, 0.4) is 0 Å². The smallest absolute Gasteiger partial charge is 0.338 e. The summed E-state index contributed by atoms with van der Waals surface area (Å²) >= 11 is 6.00. The number of hydrogen-bond donors (Lipinski definition) is 2. The molecule has 1 aromatic carbocycles. The number of carbonyl (C=O) groups excluding carboxylic acids is 3. The second kappa shape index (κ2) is 10.8. The average molecular weight is 432 g/mol. The van der Waals surface area contributed by atoms with E-state index in [0.717, 1.165) is 6.07 Å². The maximum Gasteiger partial charge on any atom is 0.338 e. The van der Waals surface area contributed by atoms with E-state index in [1.807, 2.05) is 5.32 Å². The summed E-state index contributed by atoms with van der Waals surface area (Å²) in [4.78, 5) is 34.8. The third kappa shape index (κ3) is 6.32. The van der Waals surface area contributed by atoms with Crippen molar-refractivity contribution < 1.29 is 27.5 Å². The van der Waals surface area contributed by atoms with Gasteiger partial charge in [0.05, 0.1) is 10.6 Å². The van der Waals surface area contributed by atoms with Crippen LogP contribution < -0.4 is 10.6 Å².